The number of sulfonamides is 1. The van der Waals surface area contributed by atoms with Gasteiger partial charge in [0.2, 0.25) is 15.9 Å². The van der Waals surface area contributed by atoms with Gasteiger partial charge < -0.3 is 9.47 Å². The average molecular weight is 485 g/mol. The van der Waals surface area contributed by atoms with Crippen molar-refractivity contribution in [3.63, 3.8) is 0 Å². The van der Waals surface area contributed by atoms with Crippen LogP contribution in [0.4, 0.5) is 4.39 Å². The Morgan fingerprint density at radius 1 is 1.15 bits per heavy atom. The largest absolute Gasteiger partial charge is 0.489 e. The molecule has 1 fully saturated rings. The number of carbonyl (C=O) groups excluding carboxylic acids is 1. The number of halogens is 1. The van der Waals surface area contributed by atoms with Crippen LogP contribution in [0, 0.1) is 18.7 Å². The van der Waals surface area contributed by atoms with Gasteiger partial charge in [-0.1, -0.05) is 18.2 Å². The van der Waals surface area contributed by atoms with Crippen molar-refractivity contribution in [2.24, 2.45) is 5.92 Å². The molecular weight excluding hydrogens is 459 g/mol. The summed E-state index contributed by atoms with van der Waals surface area (Å²) in [7, 11) is -3.74. The number of benzene rings is 2. The molecule has 4 rings (SSSR count). The Balaban J connectivity index is 1.42. The number of amides is 1. The van der Waals surface area contributed by atoms with E-state index in [9.17, 15) is 17.6 Å². The van der Waals surface area contributed by atoms with E-state index in [4.69, 9.17) is 9.47 Å². The van der Waals surface area contributed by atoms with Gasteiger partial charge in [0.15, 0.2) is 0 Å². The number of pyridine rings is 1. The molecule has 1 saturated carbocycles. The summed E-state index contributed by atoms with van der Waals surface area (Å²) in [5.41, 5.74) is 3.01. The second kappa shape index (κ2) is 9.80. The van der Waals surface area contributed by atoms with Crippen LogP contribution in [0.25, 0.3) is 11.1 Å². The lowest BCUT2D eigenvalue weighted by Gasteiger charge is -2.12. The van der Waals surface area contributed by atoms with Gasteiger partial charge in [-0.2, -0.15) is 0 Å². The Morgan fingerprint density at radius 2 is 1.94 bits per heavy atom. The van der Waals surface area contributed by atoms with E-state index in [2.05, 4.69) is 4.98 Å². The quantitative estimate of drug-likeness (QED) is 0.488. The van der Waals surface area contributed by atoms with Gasteiger partial charge >= 0.3 is 0 Å². The van der Waals surface area contributed by atoms with E-state index in [0.717, 1.165) is 29.0 Å². The number of nitrogens with zero attached hydrogens (tertiary/aromatic N) is 1. The first-order chi connectivity index (χ1) is 16.2. The molecule has 34 heavy (non-hydrogen) atoms. The summed E-state index contributed by atoms with van der Waals surface area (Å²) in [6, 6.07) is 13.0. The van der Waals surface area contributed by atoms with E-state index in [1.54, 1.807) is 17.0 Å². The highest BCUT2D eigenvalue weighted by atomic mass is 32.2. The monoisotopic (exact) mass is 484 g/mol. The van der Waals surface area contributed by atoms with Crippen molar-refractivity contribution in [2.45, 2.75) is 26.4 Å². The molecule has 1 heterocycles. The lowest BCUT2D eigenvalue weighted by Crippen LogP contribution is -2.29. The van der Waals surface area contributed by atoms with Gasteiger partial charge in [-0.3, -0.25) is 4.79 Å². The minimum Gasteiger partial charge on any atom is -0.489 e. The lowest BCUT2D eigenvalue weighted by molar-refractivity contribution is 0.0981. The fraction of sp³-hybridized carbons (Fsp3) is 0.280. The fourth-order valence-electron chi connectivity index (χ4n) is 3.35. The second-order valence-corrected chi connectivity index (χ2v) is 10.2. The van der Waals surface area contributed by atoms with Gasteiger partial charge in [0.05, 0.1) is 12.9 Å². The number of aryl methyl sites for hydroxylation is 1. The molecule has 1 amide bonds. The van der Waals surface area contributed by atoms with Crippen LogP contribution in [0.1, 0.15) is 34.3 Å². The van der Waals surface area contributed by atoms with Crippen LogP contribution in [-0.2, 0) is 16.6 Å². The maximum atomic E-state index is 14.5. The third kappa shape index (κ3) is 6.32. The number of nitrogens with one attached hydrogen (secondary N) is 1. The van der Waals surface area contributed by atoms with Crippen LogP contribution in [0.15, 0.2) is 54.7 Å². The maximum Gasteiger partial charge on any atom is 0.264 e. The van der Waals surface area contributed by atoms with E-state index in [-0.39, 0.29) is 17.7 Å². The maximum absolute atomic E-state index is 14.5. The third-order valence-electron chi connectivity index (χ3n) is 5.38. The zero-order valence-electron chi connectivity index (χ0n) is 18.9. The molecule has 0 spiro atoms. The average Bonchev–Trinajstić information content (AvgIpc) is 3.60. The molecule has 1 aliphatic carbocycles. The molecule has 1 aliphatic rings. The van der Waals surface area contributed by atoms with E-state index in [1.165, 1.54) is 25.0 Å². The van der Waals surface area contributed by atoms with E-state index >= 15 is 0 Å². The van der Waals surface area contributed by atoms with Gasteiger partial charge in [-0.15, -0.1) is 0 Å². The predicted molar refractivity (Wildman–Crippen MR) is 126 cm³/mol. The van der Waals surface area contributed by atoms with Gasteiger partial charge in [-0.05, 0) is 61.1 Å². The minimum atomic E-state index is -3.74. The summed E-state index contributed by atoms with van der Waals surface area (Å²) in [6.45, 7) is 2.63. The Bertz CT molecular complexity index is 1320. The van der Waals surface area contributed by atoms with Crippen molar-refractivity contribution in [1.82, 2.24) is 9.71 Å². The SMILES string of the molecule is Cc1cc(OCC2CC2)ncc1-c1cccc(OCc2ccc(C(=O)NS(C)(=O)=O)cc2F)c1. The Morgan fingerprint density at radius 3 is 2.62 bits per heavy atom. The Kier molecular flexibility index (Phi) is 6.83. The van der Waals surface area contributed by atoms with Crippen LogP contribution >= 0.6 is 0 Å². The molecule has 7 nitrogen and oxygen atoms in total. The number of hydrogen-bond donors (Lipinski definition) is 1. The molecule has 0 unspecified atom stereocenters. The van der Waals surface area contributed by atoms with Crippen molar-refractivity contribution in [2.75, 3.05) is 12.9 Å². The van der Waals surface area contributed by atoms with Crippen molar-refractivity contribution in [1.29, 1.82) is 0 Å². The van der Waals surface area contributed by atoms with Crippen molar-refractivity contribution in [3.05, 3.63) is 77.2 Å². The molecule has 0 atom stereocenters. The number of hydrogen-bond acceptors (Lipinski definition) is 6. The molecule has 0 aliphatic heterocycles. The highest BCUT2D eigenvalue weighted by Crippen LogP contribution is 2.31. The van der Waals surface area contributed by atoms with Gasteiger partial charge in [0.1, 0.15) is 18.2 Å². The van der Waals surface area contributed by atoms with Crippen molar-refractivity contribution in [3.8, 4) is 22.8 Å². The Labute approximate surface area is 198 Å². The molecule has 1 aromatic heterocycles. The molecule has 1 N–H and O–H groups in total. The number of carbonyl (C=O) groups is 1. The van der Waals surface area contributed by atoms with Gasteiger partial charge in [-0.25, -0.2) is 22.5 Å². The molecule has 178 valence electrons. The molecular formula is C25H25FN2O5S. The summed E-state index contributed by atoms with van der Waals surface area (Å²) in [4.78, 5) is 16.3. The molecule has 2 aromatic carbocycles. The summed E-state index contributed by atoms with van der Waals surface area (Å²) in [6.07, 6.45) is 5.07. The summed E-state index contributed by atoms with van der Waals surface area (Å²) in [5.74, 6) is 0.254. The van der Waals surface area contributed by atoms with Crippen LogP contribution in [0.3, 0.4) is 0 Å². The standard InChI is InChI=1S/C25H25FN2O5S/c1-16-10-24(33-14-17-6-7-17)27-13-22(16)18-4-3-5-21(11-18)32-15-20-9-8-19(12-23(20)26)25(29)28-34(2,30)31/h3-5,8-13,17H,6-7,14-15H2,1-2H3,(H,28,29). The first-order valence-electron chi connectivity index (χ1n) is 10.8. The first kappa shape index (κ1) is 23.7. The molecule has 0 bridgehead atoms. The summed E-state index contributed by atoms with van der Waals surface area (Å²) in [5, 5.41) is 0. The smallest absolute Gasteiger partial charge is 0.264 e. The van der Waals surface area contributed by atoms with Gasteiger partial charge in [0.25, 0.3) is 5.91 Å². The zero-order chi connectivity index (χ0) is 24.3. The highest BCUT2D eigenvalue weighted by Gasteiger charge is 2.22. The van der Waals surface area contributed by atoms with Gasteiger partial charge in [0, 0.05) is 29.0 Å². The minimum absolute atomic E-state index is 0.0611. The second-order valence-electron chi connectivity index (χ2n) is 8.42. The van der Waals surface area contributed by atoms with E-state index in [1.807, 2.05) is 31.2 Å². The number of aromatic nitrogens is 1. The van der Waals surface area contributed by atoms with Crippen molar-refractivity contribution < 1.29 is 27.1 Å². The van der Waals surface area contributed by atoms with E-state index in [0.29, 0.717) is 24.2 Å². The predicted octanol–water partition coefficient (Wildman–Crippen LogP) is 4.25. The topological polar surface area (TPSA) is 94.6 Å². The normalized spacial score (nSPS) is 13.4. The zero-order valence-corrected chi connectivity index (χ0v) is 19.7. The van der Waals surface area contributed by atoms with Crippen LogP contribution in [0.5, 0.6) is 11.6 Å². The molecule has 0 saturated heterocycles. The number of rotatable bonds is 9. The van der Waals surface area contributed by atoms with E-state index < -0.39 is 21.7 Å². The Hall–Kier alpha value is -3.46. The molecule has 0 radical (unpaired) electrons. The lowest BCUT2D eigenvalue weighted by atomic mass is 10.0. The molecule has 9 heteroatoms. The third-order valence-corrected chi connectivity index (χ3v) is 5.94. The van der Waals surface area contributed by atoms with Crippen LogP contribution < -0.4 is 14.2 Å². The summed E-state index contributed by atoms with van der Waals surface area (Å²) < 4.78 is 50.2. The number of ether oxygens (including phenoxy) is 2. The van der Waals surface area contributed by atoms with Crippen molar-refractivity contribution >= 4 is 15.9 Å². The highest BCUT2D eigenvalue weighted by molar-refractivity contribution is 7.89. The molecule has 3 aromatic rings. The summed E-state index contributed by atoms with van der Waals surface area (Å²) >= 11 is 0. The van der Waals surface area contributed by atoms with Crippen LogP contribution in [0.2, 0.25) is 0 Å². The fourth-order valence-corrected chi connectivity index (χ4v) is 3.80. The first-order valence-corrected chi connectivity index (χ1v) is 12.7. The van der Waals surface area contributed by atoms with Crippen LogP contribution in [-0.4, -0.2) is 32.2 Å².